The lowest BCUT2D eigenvalue weighted by molar-refractivity contribution is 0.0735. The van der Waals surface area contributed by atoms with E-state index in [0.717, 1.165) is 6.42 Å². The molecule has 0 spiro atoms. The van der Waals surface area contributed by atoms with Gasteiger partial charge in [0, 0.05) is 6.07 Å². The SMILES string of the molecule is CCc1ccc(Oc2coc3cc(OC(=O)c4ccccc4)ccc3c2=O)cc1. The van der Waals surface area contributed by atoms with Crippen molar-refractivity contribution in [1.29, 1.82) is 0 Å². The molecule has 0 atom stereocenters. The lowest BCUT2D eigenvalue weighted by Crippen LogP contribution is -2.09. The highest BCUT2D eigenvalue weighted by molar-refractivity contribution is 5.91. The zero-order valence-electron chi connectivity index (χ0n) is 15.8. The van der Waals surface area contributed by atoms with E-state index in [-0.39, 0.29) is 11.2 Å². The first-order valence-electron chi connectivity index (χ1n) is 9.23. The summed E-state index contributed by atoms with van der Waals surface area (Å²) in [5, 5.41) is 0.340. The Morgan fingerprint density at radius 3 is 2.38 bits per heavy atom. The predicted molar refractivity (Wildman–Crippen MR) is 110 cm³/mol. The van der Waals surface area contributed by atoms with Crippen molar-refractivity contribution in [1.82, 2.24) is 0 Å². The Bertz CT molecular complexity index is 1210. The van der Waals surface area contributed by atoms with Crippen LogP contribution in [0.5, 0.6) is 17.2 Å². The van der Waals surface area contributed by atoms with Gasteiger partial charge in [-0.1, -0.05) is 37.3 Å². The molecule has 0 unspecified atom stereocenters. The molecule has 0 fully saturated rings. The zero-order valence-corrected chi connectivity index (χ0v) is 15.8. The summed E-state index contributed by atoms with van der Waals surface area (Å²) in [6.45, 7) is 2.07. The standard InChI is InChI=1S/C24H18O5/c1-2-16-8-10-18(11-9-16)28-22-15-27-21-14-19(12-13-20(21)23(22)25)29-24(26)17-6-4-3-5-7-17/h3-15H,2H2,1H3. The van der Waals surface area contributed by atoms with Crippen molar-refractivity contribution in [2.24, 2.45) is 0 Å². The van der Waals surface area contributed by atoms with Gasteiger partial charge in [0.15, 0.2) is 0 Å². The molecular formula is C24H18O5. The van der Waals surface area contributed by atoms with E-state index in [1.807, 2.05) is 30.3 Å². The largest absolute Gasteiger partial charge is 0.460 e. The molecule has 144 valence electrons. The molecule has 0 aliphatic rings. The number of carbonyl (C=O) groups is 1. The van der Waals surface area contributed by atoms with Crippen LogP contribution in [0, 0.1) is 0 Å². The van der Waals surface area contributed by atoms with Gasteiger partial charge in [-0.3, -0.25) is 4.79 Å². The molecule has 3 aromatic carbocycles. The van der Waals surface area contributed by atoms with Crippen LogP contribution in [0.2, 0.25) is 0 Å². The molecule has 0 saturated heterocycles. The third-order valence-electron chi connectivity index (χ3n) is 4.49. The fraction of sp³-hybridized carbons (Fsp3) is 0.0833. The number of carbonyl (C=O) groups excluding carboxylic acids is 1. The Hall–Kier alpha value is -3.86. The van der Waals surface area contributed by atoms with Crippen LogP contribution in [0.1, 0.15) is 22.8 Å². The molecule has 0 saturated carbocycles. The Morgan fingerprint density at radius 2 is 1.66 bits per heavy atom. The third kappa shape index (κ3) is 4.04. The van der Waals surface area contributed by atoms with Crippen LogP contribution in [0.3, 0.4) is 0 Å². The topological polar surface area (TPSA) is 65.7 Å². The lowest BCUT2D eigenvalue weighted by Gasteiger charge is -2.08. The lowest BCUT2D eigenvalue weighted by atomic mass is 10.2. The highest BCUT2D eigenvalue weighted by Gasteiger charge is 2.13. The second kappa shape index (κ2) is 8.02. The third-order valence-corrected chi connectivity index (χ3v) is 4.49. The second-order valence-corrected chi connectivity index (χ2v) is 6.44. The van der Waals surface area contributed by atoms with E-state index >= 15 is 0 Å². The number of rotatable bonds is 5. The molecule has 5 nitrogen and oxygen atoms in total. The van der Waals surface area contributed by atoms with Gasteiger partial charge in [-0.2, -0.15) is 0 Å². The Balaban J connectivity index is 1.58. The molecule has 29 heavy (non-hydrogen) atoms. The molecule has 0 bridgehead atoms. The fourth-order valence-corrected chi connectivity index (χ4v) is 2.89. The van der Waals surface area contributed by atoms with Gasteiger partial charge in [-0.25, -0.2) is 4.79 Å². The summed E-state index contributed by atoms with van der Waals surface area (Å²) in [6.07, 6.45) is 2.19. The van der Waals surface area contributed by atoms with E-state index in [1.165, 1.54) is 17.9 Å². The molecule has 0 radical (unpaired) electrons. The maximum Gasteiger partial charge on any atom is 0.343 e. The first-order chi connectivity index (χ1) is 14.1. The van der Waals surface area contributed by atoms with Crippen molar-refractivity contribution >= 4 is 16.9 Å². The number of ether oxygens (including phenoxy) is 2. The van der Waals surface area contributed by atoms with Crippen LogP contribution in [0.4, 0.5) is 0 Å². The molecule has 0 aliphatic carbocycles. The summed E-state index contributed by atoms with van der Waals surface area (Å²) in [7, 11) is 0. The van der Waals surface area contributed by atoms with E-state index in [0.29, 0.717) is 28.0 Å². The van der Waals surface area contributed by atoms with Crippen LogP contribution >= 0.6 is 0 Å². The van der Waals surface area contributed by atoms with Gasteiger partial charge in [0.1, 0.15) is 23.3 Å². The average Bonchev–Trinajstić information content (AvgIpc) is 2.77. The van der Waals surface area contributed by atoms with Gasteiger partial charge in [0.2, 0.25) is 11.2 Å². The van der Waals surface area contributed by atoms with Gasteiger partial charge >= 0.3 is 5.97 Å². The van der Waals surface area contributed by atoms with Crippen molar-refractivity contribution in [3.8, 4) is 17.2 Å². The number of hydrogen-bond donors (Lipinski definition) is 0. The van der Waals surface area contributed by atoms with E-state index in [2.05, 4.69) is 6.92 Å². The minimum absolute atomic E-state index is 0.0933. The second-order valence-electron chi connectivity index (χ2n) is 6.44. The van der Waals surface area contributed by atoms with Crippen molar-refractivity contribution in [3.63, 3.8) is 0 Å². The highest BCUT2D eigenvalue weighted by Crippen LogP contribution is 2.24. The monoisotopic (exact) mass is 386 g/mol. The molecular weight excluding hydrogens is 368 g/mol. The maximum atomic E-state index is 12.7. The number of hydrogen-bond acceptors (Lipinski definition) is 5. The predicted octanol–water partition coefficient (Wildman–Crippen LogP) is 5.37. The van der Waals surface area contributed by atoms with Crippen molar-refractivity contribution in [2.75, 3.05) is 0 Å². The average molecular weight is 386 g/mol. The highest BCUT2D eigenvalue weighted by atomic mass is 16.5. The Morgan fingerprint density at radius 1 is 0.931 bits per heavy atom. The summed E-state index contributed by atoms with van der Waals surface area (Å²) >= 11 is 0. The molecule has 0 amide bonds. The Kier molecular flexibility index (Phi) is 5.12. The number of esters is 1. The van der Waals surface area contributed by atoms with Gasteiger partial charge in [-0.05, 0) is 48.4 Å². The number of benzene rings is 3. The van der Waals surface area contributed by atoms with Crippen molar-refractivity contribution < 1.29 is 18.7 Å². The van der Waals surface area contributed by atoms with E-state index in [9.17, 15) is 9.59 Å². The van der Waals surface area contributed by atoms with Crippen molar-refractivity contribution in [2.45, 2.75) is 13.3 Å². The Labute approximate surface area is 167 Å². The number of aryl methyl sites for hydroxylation is 1. The zero-order chi connectivity index (χ0) is 20.2. The summed E-state index contributed by atoms with van der Waals surface area (Å²) in [6, 6.07) is 20.8. The minimum Gasteiger partial charge on any atom is -0.460 e. The van der Waals surface area contributed by atoms with Crippen LogP contribution in [-0.4, -0.2) is 5.97 Å². The molecule has 5 heteroatoms. The van der Waals surface area contributed by atoms with E-state index < -0.39 is 5.97 Å². The normalized spacial score (nSPS) is 10.7. The van der Waals surface area contributed by atoms with Crippen LogP contribution in [0.15, 0.2) is 88.3 Å². The molecule has 0 aliphatic heterocycles. The van der Waals surface area contributed by atoms with Crippen molar-refractivity contribution in [3.05, 3.63) is 100 Å². The van der Waals surface area contributed by atoms with E-state index in [1.54, 1.807) is 36.4 Å². The van der Waals surface area contributed by atoms with Crippen LogP contribution in [0.25, 0.3) is 11.0 Å². The maximum absolute atomic E-state index is 12.7. The summed E-state index contributed by atoms with van der Waals surface area (Å²) < 4.78 is 16.6. The van der Waals surface area contributed by atoms with Gasteiger partial charge in [-0.15, -0.1) is 0 Å². The summed E-state index contributed by atoms with van der Waals surface area (Å²) in [5.41, 5.74) is 1.63. The summed E-state index contributed by atoms with van der Waals surface area (Å²) in [4.78, 5) is 24.9. The summed E-state index contributed by atoms with van der Waals surface area (Å²) in [5.74, 6) is 0.458. The molecule has 1 heterocycles. The van der Waals surface area contributed by atoms with Gasteiger partial charge < -0.3 is 13.9 Å². The molecule has 1 aromatic heterocycles. The number of fused-ring (bicyclic) bond motifs is 1. The van der Waals surface area contributed by atoms with Gasteiger partial charge in [0.25, 0.3) is 0 Å². The molecule has 0 N–H and O–H groups in total. The van der Waals surface area contributed by atoms with Crippen LogP contribution in [-0.2, 0) is 6.42 Å². The fourth-order valence-electron chi connectivity index (χ4n) is 2.89. The molecule has 4 rings (SSSR count). The smallest absolute Gasteiger partial charge is 0.343 e. The van der Waals surface area contributed by atoms with E-state index in [4.69, 9.17) is 13.9 Å². The molecule has 4 aromatic rings. The van der Waals surface area contributed by atoms with Gasteiger partial charge in [0.05, 0.1) is 10.9 Å². The minimum atomic E-state index is -0.484. The van der Waals surface area contributed by atoms with Crippen LogP contribution < -0.4 is 14.9 Å². The first kappa shape index (κ1) is 18.5. The quantitative estimate of drug-likeness (QED) is 0.341. The first-order valence-corrected chi connectivity index (χ1v) is 9.23.